The number of nitro groups is 1. The van der Waals surface area contributed by atoms with Crippen LogP contribution in [0.2, 0.25) is 0 Å². The summed E-state index contributed by atoms with van der Waals surface area (Å²) in [6.45, 7) is 3.75. The van der Waals surface area contributed by atoms with Gasteiger partial charge in [0.15, 0.2) is 6.10 Å². The van der Waals surface area contributed by atoms with Gasteiger partial charge in [-0.3, -0.25) is 10.1 Å². The van der Waals surface area contributed by atoms with Crippen LogP contribution in [-0.2, 0) is 4.79 Å². The van der Waals surface area contributed by atoms with E-state index in [1.54, 1.807) is 0 Å². The van der Waals surface area contributed by atoms with Gasteiger partial charge in [-0.05, 0) is 34.3 Å². The van der Waals surface area contributed by atoms with Gasteiger partial charge in [0.05, 0.1) is 4.92 Å². The molecule has 0 spiro atoms. The Morgan fingerprint density at radius 2 is 2.16 bits per heavy atom. The number of carbonyl (C=O) groups is 1. The van der Waals surface area contributed by atoms with E-state index in [0.29, 0.717) is 6.42 Å². The Hall–Kier alpha value is -1.63. The molecule has 0 amide bonds. The quantitative estimate of drug-likeness (QED) is 0.638. The molecule has 6 nitrogen and oxygen atoms in total. The number of ether oxygens (including phenoxy) is 1. The van der Waals surface area contributed by atoms with E-state index in [4.69, 9.17) is 9.84 Å². The zero-order valence-corrected chi connectivity index (χ0v) is 12.1. The molecule has 0 aliphatic carbocycles. The van der Waals surface area contributed by atoms with Gasteiger partial charge in [0, 0.05) is 6.07 Å². The molecule has 0 heterocycles. The van der Waals surface area contributed by atoms with Gasteiger partial charge in [0.2, 0.25) is 0 Å². The number of rotatable bonds is 6. The largest absolute Gasteiger partial charge is 0.479 e. The molecule has 0 aliphatic heterocycles. The Morgan fingerprint density at radius 1 is 1.53 bits per heavy atom. The van der Waals surface area contributed by atoms with Crippen LogP contribution in [0.5, 0.6) is 5.75 Å². The summed E-state index contributed by atoms with van der Waals surface area (Å²) < 4.78 is 5.51. The van der Waals surface area contributed by atoms with Crippen LogP contribution in [0.4, 0.5) is 5.69 Å². The summed E-state index contributed by atoms with van der Waals surface area (Å²) in [5, 5.41) is 19.9. The van der Waals surface area contributed by atoms with Gasteiger partial charge in [-0.1, -0.05) is 19.9 Å². The van der Waals surface area contributed by atoms with Crippen LogP contribution >= 0.6 is 15.9 Å². The van der Waals surface area contributed by atoms with Crippen molar-refractivity contribution in [3.8, 4) is 5.75 Å². The predicted molar refractivity (Wildman–Crippen MR) is 72.3 cm³/mol. The fraction of sp³-hybridized carbons (Fsp3) is 0.417. The van der Waals surface area contributed by atoms with Gasteiger partial charge in [-0.2, -0.15) is 0 Å². The Balaban J connectivity index is 3.00. The maximum absolute atomic E-state index is 11.1. The van der Waals surface area contributed by atoms with Crippen LogP contribution < -0.4 is 4.74 Å². The fourth-order valence-electron chi connectivity index (χ4n) is 1.51. The second-order valence-electron chi connectivity index (χ2n) is 4.42. The van der Waals surface area contributed by atoms with Crippen LogP contribution in [0.25, 0.3) is 0 Å². The highest BCUT2D eigenvalue weighted by Gasteiger charge is 2.24. The van der Waals surface area contributed by atoms with E-state index in [1.165, 1.54) is 18.2 Å². The average Bonchev–Trinajstić information content (AvgIpc) is 2.29. The summed E-state index contributed by atoms with van der Waals surface area (Å²) in [6.07, 6.45) is -0.705. The van der Waals surface area contributed by atoms with E-state index in [9.17, 15) is 14.9 Å². The molecule has 0 bridgehead atoms. The van der Waals surface area contributed by atoms with Crippen LogP contribution in [0.3, 0.4) is 0 Å². The first-order valence-electron chi connectivity index (χ1n) is 5.65. The van der Waals surface area contributed by atoms with E-state index < -0.39 is 17.0 Å². The number of nitro benzene ring substituents is 1. The Labute approximate surface area is 118 Å². The summed E-state index contributed by atoms with van der Waals surface area (Å²) in [4.78, 5) is 21.3. The van der Waals surface area contributed by atoms with Crippen LogP contribution in [0.1, 0.15) is 20.3 Å². The first-order chi connectivity index (χ1) is 8.82. The summed E-state index contributed by atoms with van der Waals surface area (Å²) in [5.41, 5.74) is -0.161. The van der Waals surface area contributed by atoms with Crippen molar-refractivity contribution in [2.45, 2.75) is 26.4 Å². The van der Waals surface area contributed by atoms with Crippen LogP contribution in [0, 0.1) is 16.0 Å². The zero-order valence-electron chi connectivity index (χ0n) is 10.5. The number of nitrogens with zero attached hydrogens (tertiary/aromatic N) is 1. The van der Waals surface area contributed by atoms with Gasteiger partial charge in [0.1, 0.15) is 10.2 Å². The molecular formula is C12H14BrNO5. The van der Waals surface area contributed by atoms with Crippen molar-refractivity contribution in [1.29, 1.82) is 0 Å². The molecule has 1 N–H and O–H groups in total. The molecule has 1 aromatic carbocycles. The smallest absolute Gasteiger partial charge is 0.344 e. The Kier molecular flexibility index (Phi) is 5.29. The first-order valence-corrected chi connectivity index (χ1v) is 6.44. The number of hydrogen-bond donors (Lipinski definition) is 1. The third kappa shape index (κ3) is 4.20. The standard InChI is InChI=1S/C12H14BrNO5/c1-7(2)6-10(12(15)16)19-9-5-3-4-8(11(9)13)14(17)18/h3-5,7,10H,6H2,1-2H3,(H,15,16). The van der Waals surface area contributed by atoms with Crippen molar-refractivity contribution in [2.75, 3.05) is 0 Å². The lowest BCUT2D eigenvalue weighted by atomic mass is 10.1. The van der Waals surface area contributed by atoms with Crippen LogP contribution in [0.15, 0.2) is 22.7 Å². The van der Waals surface area contributed by atoms with Gasteiger partial charge in [-0.15, -0.1) is 0 Å². The molecule has 7 heteroatoms. The van der Waals surface area contributed by atoms with Crippen molar-refractivity contribution >= 4 is 27.6 Å². The molecule has 0 aromatic heterocycles. The Bertz CT molecular complexity index is 489. The van der Waals surface area contributed by atoms with E-state index in [1.807, 2.05) is 13.8 Å². The lowest BCUT2D eigenvalue weighted by Gasteiger charge is -2.17. The number of benzene rings is 1. The number of aliphatic carboxylic acids is 1. The minimum Gasteiger partial charge on any atom is -0.479 e. The molecular weight excluding hydrogens is 318 g/mol. The Morgan fingerprint density at radius 3 is 2.63 bits per heavy atom. The lowest BCUT2D eigenvalue weighted by Crippen LogP contribution is -2.28. The highest BCUT2D eigenvalue weighted by Crippen LogP contribution is 2.34. The molecule has 1 rings (SSSR count). The highest BCUT2D eigenvalue weighted by atomic mass is 79.9. The van der Waals surface area contributed by atoms with Crippen molar-refractivity contribution < 1.29 is 19.6 Å². The van der Waals surface area contributed by atoms with Gasteiger partial charge in [-0.25, -0.2) is 4.79 Å². The maximum Gasteiger partial charge on any atom is 0.344 e. The topological polar surface area (TPSA) is 89.7 Å². The first kappa shape index (κ1) is 15.4. The predicted octanol–water partition coefficient (Wildman–Crippen LogP) is 3.24. The van der Waals surface area contributed by atoms with E-state index in [2.05, 4.69) is 15.9 Å². The third-order valence-electron chi connectivity index (χ3n) is 2.37. The van der Waals surface area contributed by atoms with E-state index >= 15 is 0 Å². The molecule has 0 saturated carbocycles. The summed E-state index contributed by atoms with van der Waals surface area (Å²) in [7, 11) is 0. The normalized spacial score (nSPS) is 12.2. The van der Waals surface area contributed by atoms with Gasteiger partial charge in [0.25, 0.3) is 5.69 Å². The fourth-order valence-corrected chi connectivity index (χ4v) is 2.01. The SMILES string of the molecule is CC(C)CC(Oc1cccc([N+](=O)[O-])c1Br)C(=O)O. The monoisotopic (exact) mass is 331 g/mol. The van der Waals surface area contributed by atoms with Crippen LogP contribution in [-0.4, -0.2) is 22.1 Å². The lowest BCUT2D eigenvalue weighted by molar-refractivity contribution is -0.385. The van der Waals surface area contributed by atoms with E-state index in [-0.39, 0.29) is 21.8 Å². The molecule has 0 fully saturated rings. The molecule has 0 radical (unpaired) electrons. The number of carboxylic acids is 1. The van der Waals surface area contributed by atoms with E-state index in [0.717, 1.165) is 0 Å². The van der Waals surface area contributed by atoms with Crippen molar-refractivity contribution in [3.05, 3.63) is 32.8 Å². The molecule has 0 aliphatic rings. The molecule has 1 aromatic rings. The average molecular weight is 332 g/mol. The molecule has 19 heavy (non-hydrogen) atoms. The third-order valence-corrected chi connectivity index (χ3v) is 3.17. The van der Waals surface area contributed by atoms with Gasteiger partial charge >= 0.3 is 5.97 Å². The number of halogens is 1. The van der Waals surface area contributed by atoms with Crippen molar-refractivity contribution in [3.63, 3.8) is 0 Å². The zero-order chi connectivity index (χ0) is 14.6. The second-order valence-corrected chi connectivity index (χ2v) is 5.21. The minimum absolute atomic E-state index is 0.138. The number of carboxylic acid groups (broad SMARTS) is 1. The molecule has 1 atom stereocenters. The summed E-state index contributed by atoms with van der Waals surface area (Å²) >= 11 is 3.07. The molecule has 0 saturated heterocycles. The van der Waals surface area contributed by atoms with Gasteiger partial charge < -0.3 is 9.84 Å². The van der Waals surface area contributed by atoms with Crippen molar-refractivity contribution in [1.82, 2.24) is 0 Å². The van der Waals surface area contributed by atoms with Crippen molar-refractivity contribution in [2.24, 2.45) is 5.92 Å². The summed E-state index contributed by atoms with van der Waals surface area (Å²) in [6, 6.07) is 4.26. The molecule has 1 unspecified atom stereocenters. The highest BCUT2D eigenvalue weighted by molar-refractivity contribution is 9.10. The number of hydrogen-bond acceptors (Lipinski definition) is 4. The summed E-state index contributed by atoms with van der Waals surface area (Å²) in [5.74, 6) is -0.798. The molecule has 104 valence electrons. The second kappa shape index (κ2) is 6.51. The minimum atomic E-state index is -1.09. The maximum atomic E-state index is 11.1.